The number of hydrogen-bond acceptors (Lipinski definition) is 7. The lowest BCUT2D eigenvalue weighted by atomic mass is 10.0. The zero-order valence-electron chi connectivity index (χ0n) is 24.9. The summed E-state index contributed by atoms with van der Waals surface area (Å²) >= 11 is 1.38. The first-order valence-corrected chi connectivity index (χ1v) is 15.2. The van der Waals surface area contributed by atoms with E-state index in [1.165, 1.54) is 34.5 Å². The van der Waals surface area contributed by atoms with Crippen LogP contribution >= 0.6 is 11.8 Å². The number of aryl methyl sites for hydroxylation is 1. The van der Waals surface area contributed by atoms with Crippen LogP contribution in [0.5, 0.6) is 0 Å². The number of halogens is 2. The lowest BCUT2D eigenvalue weighted by Crippen LogP contribution is -2.54. The van der Waals surface area contributed by atoms with Crippen molar-refractivity contribution in [2.45, 2.75) is 51.5 Å². The fraction of sp³-hybridized carbons (Fsp3) is 0.344. The SMILES string of the molecule is C=CC(=O)N1CCN(c2nc(=O)n(-c3c(C)ccnc3C(C)C)c3nc(-c4c(F)cccc4SCC)c(F)cc23)[C@@H](C)C1. The van der Waals surface area contributed by atoms with Crippen LogP contribution in [0.2, 0.25) is 0 Å². The molecule has 1 aromatic carbocycles. The summed E-state index contributed by atoms with van der Waals surface area (Å²) in [5.74, 6) is -0.665. The van der Waals surface area contributed by atoms with E-state index in [0.29, 0.717) is 47.1 Å². The second-order valence-corrected chi connectivity index (χ2v) is 12.1. The second-order valence-electron chi connectivity index (χ2n) is 10.8. The molecule has 0 spiro atoms. The van der Waals surface area contributed by atoms with Crippen molar-refractivity contribution in [3.8, 4) is 16.9 Å². The molecule has 1 atom stereocenters. The Labute approximate surface area is 253 Å². The Hall–Kier alpha value is -4.12. The van der Waals surface area contributed by atoms with Gasteiger partial charge in [0, 0.05) is 36.8 Å². The highest BCUT2D eigenvalue weighted by molar-refractivity contribution is 7.99. The monoisotopic (exact) mass is 604 g/mol. The molecule has 1 fully saturated rings. The maximum atomic E-state index is 16.1. The van der Waals surface area contributed by atoms with Crippen LogP contribution in [0.25, 0.3) is 28.0 Å². The number of anilines is 1. The molecule has 8 nitrogen and oxygen atoms in total. The molecule has 0 radical (unpaired) electrons. The minimum Gasteiger partial charge on any atom is -0.350 e. The fourth-order valence-corrected chi connectivity index (χ4v) is 6.42. The number of rotatable bonds is 7. The number of thioether (sulfide) groups is 1. The lowest BCUT2D eigenvalue weighted by Gasteiger charge is -2.40. The van der Waals surface area contributed by atoms with Gasteiger partial charge in [-0.15, -0.1) is 11.8 Å². The van der Waals surface area contributed by atoms with Gasteiger partial charge in [-0.1, -0.05) is 33.4 Å². The molecule has 0 unspecified atom stereocenters. The Kier molecular flexibility index (Phi) is 8.64. The zero-order chi connectivity index (χ0) is 31.0. The number of fused-ring (bicyclic) bond motifs is 1. The molecule has 4 aromatic rings. The maximum absolute atomic E-state index is 16.1. The van der Waals surface area contributed by atoms with Crippen LogP contribution in [0.3, 0.4) is 0 Å². The van der Waals surface area contributed by atoms with Gasteiger partial charge in [0.05, 0.1) is 22.3 Å². The van der Waals surface area contributed by atoms with Crippen LogP contribution < -0.4 is 10.6 Å². The van der Waals surface area contributed by atoms with E-state index in [4.69, 9.17) is 4.98 Å². The minimum atomic E-state index is -0.732. The summed E-state index contributed by atoms with van der Waals surface area (Å²) in [6, 6.07) is 7.44. The van der Waals surface area contributed by atoms with E-state index >= 15 is 8.78 Å². The predicted octanol–water partition coefficient (Wildman–Crippen LogP) is 5.89. The first-order chi connectivity index (χ1) is 20.6. The maximum Gasteiger partial charge on any atom is 0.355 e. The van der Waals surface area contributed by atoms with E-state index in [1.807, 2.05) is 39.5 Å². The highest BCUT2D eigenvalue weighted by Gasteiger charge is 2.31. The van der Waals surface area contributed by atoms with Gasteiger partial charge in [0.25, 0.3) is 0 Å². The molecule has 0 saturated carbocycles. The molecule has 3 aromatic heterocycles. The van der Waals surface area contributed by atoms with E-state index in [-0.39, 0.29) is 40.6 Å². The summed E-state index contributed by atoms with van der Waals surface area (Å²) in [5, 5.41) is 0.301. The summed E-state index contributed by atoms with van der Waals surface area (Å²) < 4.78 is 32.9. The number of amides is 1. The molecule has 5 rings (SSSR count). The van der Waals surface area contributed by atoms with Crippen molar-refractivity contribution in [1.82, 2.24) is 24.4 Å². The topological polar surface area (TPSA) is 84.2 Å². The number of pyridine rings is 2. The van der Waals surface area contributed by atoms with Gasteiger partial charge in [0.15, 0.2) is 11.5 Å². The molecule has 0 N–H and O–H groups in total. The molecular weight excluding hydrogens is 570 g/mol. The molecule has 0 aliphatic carbocycles. The Balaban J connectivity index is 1.84. The lowest BCUT2D eigenvalue weighted by molar-refractivity contribution is -0.126. The summed E-state index contributed by atoms with van der Waals surface area (Å²) in [4.78, 5) is 44.2. The molecule has 1 aliphatic heterocycles. The van der Waals surface area contributed by atoms with Gasteiger partial charge in [0.1, 0.15) is 17.3 Å². The Morgan fingerprint density at radius 2 is 1.95 bits per heavy atom. The molecular formula is C32H34F2N6O2S. The largest absolute Gasteiger partial charge is 0.355 e. The number of benzene rings is 1. The summed E-state index contributed by atoms with van der Waals surface area (Å²) in [6.07, 6.45) is 2.95. The van der Waals surface area contributed by atoms with Crippen LogP contribution in [0, 0.1) is 18.6 Å². The third-order valence-electron chi connectivity index (χ3n) is 7.62. The molecule has 11 heteroatoms. The number of aromatic nitrogens is 4. The zero-order valence-corrected chi connectivity index (χ0v) is 25.7. The van der Waals surface area contributed by atoms with Gasteiger partial charge in [-0.05, 0) is 61.4 Å². The minimum absolute atomic E-state index is 0.0445. The summed E-state index contributed by atoms with van der Waals surface area (Å²) in [7, 11) is 0. The molecule has 1 saturated heterocycles. The number of nitrogens with zero attached hydrogens (tertiary/aromatic N) is 6. The van der Waals surface area contributed by atoms with Crippen molar-refractivity contribution in [1.29, 1.82) is 0 Å². The van der Waals surface area contributed by atoms with Crippen LogP contribution in [-0.2, 0) is 4.79 Å². The standard InChI is InChI=1S/C32H34F2N6O2S/c1-7-25(41)38-14-15-39(20(6)17-38)30-21-16-23(34)28(26-22(33)10-9-11-24(26)43-8-2)36-31(21)40(32(42)37-30)29-19(5)12-13-35-27(29)18(3)4/h7,9-13,16,18,20H,1,8,14-15,17H2,2-6H3/t20-/m0/s1. The number of carbonyl (C=O) groups excluding carboxylic acids is 1. The van der Waals surface area contributed by atoms with Crippen LogP contribution in [-0.4, -0.2) is 61.8 Å². The van der Waals surface area contributed by atoms with Crippen molar-refractivity contribution in [2.75, 3.05) is 30.3 Å². The van der Waals surface area contributed by atoms with E-state index in [1.54, 1.807) is 29.3 Å². The average Bonchev–Trinajstić information content (AvgIpc) is 2.97. The Bertz CT molecular complexity index is 1790. The molecule has 224 valence electrons. The third kappa shape index (κ3) is 5.53. The Morgan fingerprint density at radius 1 is 1.19 bits per heavy atom. The average molecular weight is 605 g/mol. The van der Waals surface area contributed by atoms with Crippen molar-refractivity contribution < 1.29 is 13.6 Å². The quantitative estimate of drug-likeness (QED) is 0.192. The van der Waals surface area contributed by atoms with Crippen molar-refractivity contribution in [3.05, 3.63) is 82.6 Å². The van der Waals surface area contributed by atoms with Crippen molar-refractivity contribution in [2.24, 2.45) is 0 Å². The fourth-order valence-electron chi connectivity index (χ4n) is 5.60. The summed E-state index contributed by atoms with van der Waals surface area (Å²) in [6.45, 7) is 14.3. The number of piperazine rings is 1. The molecule has 0 bridgehead atoms. The number of hydrogen-bond donors (Lipinski definition) is 0. The Morgan fingerprint density at radius 3 is 2.63 bits per heavy atom. The normalized spacial score (nSPS) is 15.4. The highest BCUT2D eigenvalue weighted by Crippen LogP contribution is 2.37. The van der Waals surface area contributed by atoms with Crippen LogP contribution in [0.1, 0.15) is 44.9 Å². The predicted molar refractivity (Wildman–Crippen MR) is 167 cm³/mol. The van der Waals surface area contributed by atoms with Crippen molar-refractivity contribution in [3.63, 3.8) is 0 Å². The smallest absolute Gasteiger partial charge is 0.350 e. The van der Waals surface area contributed by atoms with Crippen molar-refractivity contribution >= 4 is 34.5 Å². The molecule has 1 aliphatic rings. The molecule has 1 amide bonds. The van der Waals surface area contributed by atoms with Gasteiger partial charge >= 0.3 is 5.69 Å². The van der Waals surface area contributed by atoms with Gasteiger partial charge in [-0.2, -0.15) is 4.98 Å². The highest BCUT2D eigenvalue weighted by atomic mass is 32.2. The number of carbonyl (C=O) groups is 1. The summed E-state index contributed by atoms with van der Waals surface area (Å²) in [5.41, 5.74) is 1.33. The molecule has 43 heavy (non-hydrogen) atoms. The third-order valence-corrected chi connectivity index (χ3v) is 8.56. The van der Waals surface area contributed by atoms with E-state index < -0.39 is 17.3 Å². The second kappa shape index (κ2) is 12.2. The van der Waals surface area contributed by atoms with Crippen LogP contribution in [0.4, 0.5) is 14.6 Å². The van der Waals surface area contributed by atoms with E-state index in [0.717, 1.165) is 5.56 Å². The van der Waals surface area contributed by atoms with Gasteiger partial charge in [0.2, 0.25) is 5.91 Å². The van der Waals surface area contributed by atoms with Crippen LogP contribution in [0.15, 0.2) is 58.9 Å². The first-order valence-electron chi connectivity index (χ1n) is 14.3. The van der Waals surface area contributed by atoms with Gasteiger partial charge < -0.3 is 9.80 Å². The van der Waals surface area contributed by atoms with E-state index in [9.17, 15) is 9.59 Å². The first kappa shape index (κ1) is 30.3. The van der Waals surface area contributed by atoms with Gasteiger partial charge in [-0.3, -0.25) is 9.78 Å². The molecule has 4 heterocycles. The van der Waals surface area contributed by atoms with Gasteiger partial charge in [-0.25, -0.2) is 23.1 Å². The van der Waals surface area contributed by atoms with E-state index in [2.05, 4.69) is 16.5 Å².